The highest BCUT2D eigenvalue weighted by atomic mass is 35.5. The van der Waals surface area contributed by atoms with Crippen molar-refractivity contribution in [2.75, 3.05) is 44.1 Å². The van der Waals surface area contributed by atoms with Gasteiger partial charge < -0.3 is 9.47 Å². The van der Waals surface area contributed by atoms with Crippen molar-refractivity contribution in [2.24, 2.45) is 0 Å². The number of benzene rings is 1. The Bertz CT molecular complexity index is 419. The molecule has 5 nitrogen and oxygen atoms in total. The summed E-state index contributed by atoms with van der Waals surface area (Å²) in [4.78, 5) is 13.7. The van der Waals surface area contributed by atoms with Crippen molar-refractivity contribution in [3.05, 3.63) is 29.8 Å². The van der Waals surface area contributed by atoms with Gasteiger partial charge in [0.05, 0.1) is 19.1 Å². The highest BCUT2D eigenvalue weighted by Crippen LogP contribution is 2.12. The summed E-state index contributed by atoms with van der Waals surface area (Å²) in [5.74, 6) is 0.298. The molecule has 1 heterocycles. The first-order chi connectivity index (χ1) is 9.78. The predicted octanol–water partition coefficient (Wildman–Crippen LogP) is 2.31. The number of carbonyl (C=O) groups excluding carboxylic acids is 1. The predicted molar refractivity (Wildman–Crippen MR) is 78.2 cm³/mol. The van der Waals surface area contributed by atoms with Crippen LogP contribution in [0.3, 0.4) is 0 Å². The number of hydrogen-bond donors (Lipinski definition) is 1. The Balaban J connectivity index is 1.81. The Labute approximate surface area is 123 Å². The number of morpholine rings is 1. The minimum Gasteiger partial charge on any atom is -0.448 e. The van der Waals surface area contributed by atoms with Gasteiger partial charge in [0.25, 0.3) is 0 Å². The van der Waals surface area contributed by atoms with Crippen molar-refractivity contribution < 1.29 is 14.3 Å². The summed E-state index contributed by atoms with van der Waals surface area (Å²) in [5.41, 5.74) is 1.93. The average Bonchev–Trinajstić information content (AvgIpc) is 2.48. The molecule has 0 atom stereocenters. The quantitative estimate of drug-likeness (QED) is 0.848. The van der Waals surface area contributed by atoms with Gasteiger partial charge in [0.2, 0.25) is 0 Å². The number of nitrogens with one attached hydrogen (secondary N) is 1. The zero-order valence-corrected chi connectivity index (χ0v) is 12.1. The highest BCUT2D eigenvalue weighted by molar-refractivity contribution is 6.18. The molecule has 0 spiro atoms. The second kappa shape index (κ2) is 8.09. The second-order valence-electron chi connectivity index (χ2n) is 4.54. The number of alkyl halides is 1. The van der Waals surface area contributed by atoms with Crippen LogP contribution in [-0.4, -0.2) is 49.8 Å². The van der Waals surface area contributed by atoms with Gasteiger partial charge >= 0.3 is 6.09 Å². The number of hydrogen-bond acceptors (Lipinski definition) is 4. The van der Waals surface area contributed by atoms with Crippen molar-refractivity contribution in [2.45, 2.75) is 6.54 Å². The van der Waals surface area contributed by atoms with Crippen LogP contribution in [-0.2, 0) is 16.0 Å². The first kappa shape index (κ1) is 15.1. The van der Waals surface area contributed by atoms with Crippen molar-refractivity contribution in [3.8, 4) is 0 Å². The Hall–Kier alpha value is -1.30. The Morgan fingerprint density at radius 2 is 2.00 bits per heavy atom. The van der Waals surface area contributed by atoms with Crippen LogP contribution in [0, 0.1) is 0 Å². The van der Waals surface area contributed by atoms with Crippen molar-refractivity contribution in [1.29, 1.82) is 0 Å². The van der Waals surface area contributed by atoms with Gasteiger partial charge in [-0.3, -0.25) is 10.2 Å². The first-order valence-electron chi connectivity index (χ1n) is 6.67. The van der Waals surface area contributed by atoms with Crippen LogP contribution in [0.4, 0.5) is 10.5 Å². The van der Waals surface area contributed by atoms with Gasteiger partial charge in [0.1, 0.15) is 6.61 Å². The molecule has 6 heteroatoms. The minimum absolute atomic E-state index is 0.211. The zero-order chi connectivity index (χ0) is 14.2. The first-order valence-corrected chi connectivity index (χ1v) is 7.20. The molecule has 0 aliphatic carbocycles. The molecule has 2 rings (SSSR count). The fourth-order valence-electron chi connectivity index (χ4n) is 2.00. The maximum Gasteiger partial charge on any atom is 0.411 e. The summed E-state index contributed by atoms with van der Waals surface area (Å²) in [6, 6.07) is 7.76. The van der Waals surface area contributed by atoms with E-state index in [-0.39, 0.29) is 6.61 Å². The third-order valence-electron chi connectivity index (χ3n) is 3.02. The molecule has 1 amide bonds. The second-order valence-corrected chi connectivity index (χ2v) is 4.91. The third-order valence-corrected chi connectivity index (χ3v) is 3.17. The molecule has 1 N–H and O–H groups in total. The molecule has 1 fully saturated rings. The summed E-state index contributed by atoms with van der Waals surface area (Å²) >= 11 is 5.44. The molecule has 110 valence electrons. The fraction of sp³-hybridized carbons (Fsp3) is 0.500. The van der Waals surface area contributed by atoms with Gasteiger partial charge in [0, 0.05) is 25.3 Å². The zero-order valence-electron chi connectivity index (χ0n) is 11.3. The topological polar surface area (TPSA) is 50.8 Å². The van der Waals surface area contributed by atoms with Crippen molar-refractivity contribution >= 4 is 23.4 Å². The monoisotopic (exact) mass is 298 g/mol. The summed E-state index contributed by atoms with van der Waals surface area (Å²) in [5, 5.41) is 2.65. The van der Waals surface area contributed by atoms with E-state index in [2.05, 4.69) is 10.2 Å². The van der Waals surface area contributed by atoms with E-state index in [1.165, 1.54) is 5.56 Å². The summed E-state index contributed by atoms with van der Waals surface area (Å²) in [6.45, 7) is 4.64. The van der Waals surface area contributed by atoms with Crippen LogP contribution in [0.1, 0.15) is 5.56 Å². The molecule has 1 aliphatic heterocycles. The molecule has 1 saturated heterocycles. The Kier molecular flexibility index (Phi) is 6.11. The van der Waals surface area contributed by atoms with E-state index in [0.717, 1.165) is 38.5 Å². The standard InChI is InChI=1S/C14H19ClN2O3/c15-5-8-20-14(18)16-13-3-1-12(2-4-13)11-17-6-9-19-10-7-17/h1-4H,5-11H2,(H,16,18). The van der Waals surface area contributed by atoms with Crippen LogP contribution in [0.25, 0.3) is 0 Å². The smallest absolute Gasteiger partial charge is 0.411 e. The molecule has 0 aromatic heterocycles. The SMILES string of the molecule is O=C(Nc1ccc(CN2CCOCC2)cc1)OCCCl. The normalized spacial score (nSPS) is 15.8. The summed E-state index contributed by atoms with van der Waals surface area (Å²) < 4.78 is 10.2. The number of carbonyl (C=O) groups is 1. The minimum atomic E-state index is -0.480. The number of rotatable bonds is 5. The average molecular weight is 299 g/mol. The van der Waals surface area contributed by atoms with Crippen LogP contribution < -0.4 is 5.32 Å². The highest BCUT2D eigenvalue weighted by Gasteiger charge is 2.10. The van der Waals surface area contributed by atoms with E-state index in [1.807, 2.05) is 24.3 Å². The van der Waals surface area contributed by atoms with Gasteiger partial charge in [0.15, 0.2) is 0 Å². The molecule has 0 radical (unpaired) electrons. The molecule has 1 aromatic rings. The van der Waals surface area contributed by atoms with E-state index in [4.69, 9.17) is 21.1 Å². The number of ether oxygens (including phenoxy) is 2. The van der Waals surface area contributed by atoms with Gasteiger partial charge in [-0.2, -0.15) is 0 Å². The third kappa shape index (κ3) is 5.00. The fourth-order valence-corrected chi connectivity index (χ4v) is 2.07. The number of halogens is 1. The molecule has 0 unspecified atom stereocenters. The lowest BCUT2D eigenvalue weighted by Gasteiger charge is -2.26. The molecular formula is C14H19ClN2O3. The summed E-state index contributed by atoms with van der Waals surface area (Å²) in [7, 11) is 0. The molecule has 0 saturated carbocycles. The maximum atomic E-state index is 11.4. The van der Waals surface area contributed by atoms with E-state index in [0.29, 0.717) is 5.88 Å². The molecular weight excluding hydrogens is 280 g/mol. The van der Waals surface area contributed by atoms with Crippen LogP contribution >= 0.6 is 11.6 Å². The molecule has 20 heavy (non-hydrogen) atoms. The van der Waals surface area contributed by atoms with E-state index < -0.39 is 6.09 Å². The van der Waals surface area contributed by atoms with Crippen LogP contribution in [0.2, 0.25) is 0 Å². The Morgan fingerprint density at radius 1 is 1.30 bits per heavy atom. The van der Waals surface area contributed by atoms with Gasteiger partial charge in [-0.1, -0.05) is 12.1 Å². The Morgan fingerprint density at radius 3 is 2.65 bits per heavy atom. The lowest BCUT2D eigenvalue weighted by molar-refractivity contribution is 0.0342. The number of anilines is 1. The largest absolute Gasteiger partial charge is 0.448 e. The van der Waals surface area contributed by atoms with Crippen LogP contribution in [0.5, 0.6) is 0 Å². The van der Waals surface area contributed by atoms with Crippen LogP contribution in [0.15, 0.2) is 24.3 Å². The van der Waals surface area contributed by atoms with Gasteiger partial charge in [-0.15, -0.1) is 11.6 Å². The van der Waals surface area contributed by atoms with Gasteiger partial charge in [-0.25, -0.2) is 4.79 Å². The van der Waals surface area contributed by atoms with Crippen molar-refractivity contribution in [3.63, 3.8) is 0 Å². The number of nitrogens with zero attached hydrogens (tertiary/aromatic N) is 1. The maximum absolute atomic E-state index is 11.4. The molecule has 0 bridgehead atoms. The van der Waals surface area contributed by atoms with Crippen molar-refractivity contribution in [1.82, 2.24) is 4.90 Å². The van der Waals surface area contributed by atoms with E-state index in [1.54, 1.807) is 0 Å². The van der Waals surface area contributed by atoms with E-state index in [9.17, 15) is 4.79 Å². The lowest BCUT2D eigenvalue weighted by Crippen LogP contribution is -2.35. The number of amides is 1. The van der Waals surface area contributed by atoms with E-state index >= 15 is 0 Å². The molecule has 1 aliphatic rings. The summed E-state index contributed by atoms with van der Waals surface area (Å²) in [6.07, 6.45) is -0.480. The lowest BCUT2D eigenvalue weighted by atomic mass is 10.2. The van der Waals surface area contributed by atoms with Gasteiger partial charge in [-0.05, 0) is 17.7 Å². The molecule has 1 aromatic carbocycles.